The van der Waals surface area contributed by atoms with Crippen molar-refractivity contribution >= 4 is 21.9 Å². The molecule has 0 aromatic heterocycles. The summed E-state index contributed by atoms with van der Waals surface area (Å²) in [6, 6.07) is 4.18. The van der Waals surface area contributed by atoms with Gasteiger partial charge in [0.05, 0.1) is 20.3 Å². The number of hydrogen-bond donors (Lipinski definition) is 0. The Labute approximate surface area is 128 Å². The van der Waals surface area contributed by atoms with Gasteiger partial charge >= 0.3 is 5.97 Å². The van der Waals surface area contributed by atoms with Crippen LogP contribution in [-0.4, -0.2) is 37.7 Å². The first kappa shape index (κ1) is 15.3. The molecule has 0 saturated heterocycles. The third-order valence-electron chi connectivity index (χ3n) is 3.34. The summed E-state index contributed by atoms with van der Waals surface area (Å²) in [5.41, 5.74) is 2.37. The van der Waals surface area contributed by atoms with Crippen LogP contribution in [0.25, 0.3) is 0 Å². The van der Waals surface area contributed by atoms with E-state index in [2.05, 4.69) is 39.9 Å². The summed E-state index contributed by atoms with van der Waals surface area (Å²) in [6.45, 7) is 4.71. The molecule has 1 aromatic carbocycles. The molecule has 0 saturated carbocycles. The van der Waals surface area contributed by atoms with Gasteiger partial charge in [-0.2, -0.15) is 0 Å². The molecule has 0 radical (unpaired) electrons. The molecule has 1 aliphatic heterocycles. The Morgan fingerprint density at radius 3 is 3.00 bits per heavy atom. The molecule has 5 heteroatoms. The number of fused-ring (bicyclic) bond motifs is 1. The highest BCUT2D eigenvalue weighted by atomic mass is 79.9. The second-order valence-corrected chi connectivity index (χ2v) is 5.85. The molecule has 0 atom stereocenters. The molecule has 20 heavy (non-hydrogen) atoms. The molecule has 0 aliphatic carbocycles. The van der Waals surface area contributed by atoms with Crippen molar-refractivity contribution < 1.29 is 14.3 Å². The van der Waals surface area contributed by atoms with Gasteiger partial charge < -0.3 is 9.47 Å². The molecule has 110 valence electrons. The Morgan fingerprint density at radius 1 is 1.50 bits per heavy atom. The van der Waals surface area contributed by atoms with Crippen molar-refractivity contribution in [1.82, 2.24) is 4.90 Å². The molecule has 1 heterocycles. The third kappa shape index (κ3) is 3.73. The minimum absolute atomic E-state index is 0.203. The fourth-order valence-corrected chi connectivity index (χ4v) is 3.03. The second-order valence-electron chi connectivity index (χ2n) is 4.94. The monoisotopic (exact) mass is 341 g/mol. The molecule has 0 amide bonds. The van der Waals surface area contributed by atoms with Crippen molar-refractivity contribution in [3.63, 3.8) is 0 Å². The zero-order valence-electron chi connectivity index (χ0n) is 11.9. The maximum Gasteiger partial charge on any atom is 0.319 e. The van der Waals surface area contributed by atoms with Crippen LogP contribution in [0.15, 0.2) is 16.6 Å². The van der Waals surface area contributed by atoms with Gasteiger partial charge in [-0.25, -0.2) is 0 Å². The highest BCUT2D eigenvalue weighted by Gasteiger charge is 2.20. The van der Waals surface area contributed by atoms with Crippen LogP contribution in [0, 0.1) is 0 Å². The maximum atomic E-state index is 11.5. The molecule has 0 unspecified atom stereocenters. The average molecular weight is 342 g/mol. The van der Waals surface area contributed by atoms with Crippen molar-refractivity contribution in [1.29, 1.82) is 0 Å². The van der Waals surface area contributed by atoms with E-state index in [-0.39, 0.29) is 5.97 Å². The summed E-state index contributed by atoms with van der Waals surface area (Å²) in [4.78, 5) is 13.6. The fourth-order valence-electron chi connectivity index (χ4n) is 2.48. The lowest BCUT2D eigenvalue weighted by Crippen LogP contribution is -2.31. The lowest BCUT2D eigenvalue weighted by Gasteiger charge is -2.21. The lowest BCUT2D eigenvalue weighted by atomic mass is 10.1. The number of methoxy groups -OCH3 is 1. The number of esters is 1. The molecular weight excluding hydrogens is 322 g/mol. The van der Waals surface area contributed by atoms with Crippen LogP contribution in [0.1, 0.15) is 24.5 Å². The van der Waals surface area contributed by atoms with Gasteiger partial charge in [-0.15, -0.1) is 0 Å². The van der Waals surface area contributed by atoms with Crippen molar-refractivity contribution in [2.75, 3.05) is 26.8 Å². The van der Waals surface area contributed by atoms with Crippen LogP contribution >= 0.6 is 15.9 Å². The number of hydrogen-bond acceptors (Lipinski definition) is 4. The highest BCUT2D eigenvalue weighted by molar-refractivity contribution is 9.10. The van der Waals surface area contributed by atoms with Gasteiger partial charge in [0.25, 0.3) is 0 Å². The Hall–Kier alpha value is -1.07. The SMILES string of the molecule is CCCN(CC(=O)OC)Cc1cc(Br)cc2c1OCC2. The summed E-state index contributed by atoms with van der Waals surface area (Å²) in [5.74, 6) is 0.783. The number of carbonyl (C=O) groups excluding carboxylic acids is 1. The topological polar surface area (TPSA) is 38.8 Å². The number of ether oxygens (including phenoxy) is 2. The normalized spacial score (nSPS) is 13.2. The molecule has 0 bridgehead atoms. The number of halogens is 1. The van der Waals surface area contributed by atoms with E-state index in [4.69, 9.17) is 9.47 Å². The van der Waals surface area contributed by atoms with Crippen LogP contribution in [0.5, 0.6) is 5.75 Å². The van der Waals surface area contributed by atoms with E-state index in [0.29, 0.717) is 13.1 Å². The van der Waals surface area contributed by atoms with E-state index in [9.17, 15) is 4.79 Å². The van der Waals surface area contributed by atoms with E-state index >= 15 is 0 Å². The Balaban J connectivity index is 2.16. The van der Waals surface area contributed by atoms with Crippen LogP contribution in [0.4, 0.5) is 0 Å². The predicted octanol–water partition coefficient (Wildman–Crippen LogP) is 2.77. The van der Waals surface area contributed by atoms with Crippen LogP contribution < -0.4 is 4.74 Å². The average Bonchev–Trinajstić information content (AvgIpc) is 2.86. The standard InChI is InChI=1S/C15H20BrNO3/c1-3-5-17(10-14(18)19-2)9-12-8-13(16)7-11-4-6-20-15(11)12/h7-8H,3-6,9-10H2,1-2H3. The van der Waals surface area contributed by atoms with Gasteiger partial charge in [0.15, 0.2) is 0 Å². The fraction of sp³-hybridized carbons (Fsp3) is 0.533. The van der Waals surface area contributed by atoms with Crippen LogP contribution in [0.3, 0.4) is 0 Å². The van der Waals surface area contributed by atoms with E-state index in [1.807, 2.05) is 0 Å². The zero-order valence-corrected chi connectivity index (χ0v) is 13.5. The zero-order chi connectivity index (χ0) is 14.5. The minimum atomic E-state index is -0.203. The quantitative estimate of drug-likeness (QED) is 0.746. The largest absolute Gasteiger partial charge is 0.493 e. The van der Waals surface area contributed by atoms with Gasteiger partial charge in [-0.1, -0.05) is 22.9 Å². The number of benzene rings is 1. The predicted molar refractivity (Wildman–Crippen MR) is 80.9 cm³/mol. The Kier molecular flexibility index (Phi) is 5.43. The first-order chi connectivity index (χ1) is 9.63. The van der Waals surface area contributed by atoms with E-state index in [1.165, 1.54) is 12.7 Å². The van der Waals surface area contributed by atoms with E-state index in [0.717, 1.165) is 41.8 Å². The summed E-state index contributed by atoms with van der Waals surface area (Å²) in [6.07, 6.45) is 1.95. The molecule has 2 rings (SSSR count). The van der Waals surface area contributed by atoms with Crippen LogP contribution in [-0.2, 0) is 22.5 Å². The summed E-state index contributed by atoms with van der Waals surface area (Å²) in [5, 5.41) is 0. The van der Waals surface area contributed by atoms with Gasteiger partial charge in [-0.05, 0) is 30.7 Å². The summed E-state index contributed by atoms with van der Waals surface area (Å²) in [7, 11) is 1.42. The minimum Gasteiger partial charge on any atom is -0.493 e. The Morgan fingerprint density at radius 2 is 2.30 bits per heavy atom. The molecular formula is C15H20BrNO3. The maximum absolute atomic E-state index is 11.5. The van der Waals surface area contributed by atoms with Crippen LogP contribution in [0.2, 0.25) is 0 Å². The second kappa shape index (κ2) is 7.09. The molecule has 1 aliphatic rings. The number of nitrogens with zero attached hydrogens (tertiary/aromatic N) is 1. The summed E-state index contributed by atoms with van der Waals surface area (Å²) >= 11 is 3.54. The molecule has 0 N–H and O–H groups in total. The Bertz CT molecular complexity index is 490. The van der Waals surface area contributed by atoms with E-state index < -0.39 is 0 Å². The van der Waals surface area contributed by atoms with Gasteiger partial charge in [-0.3, -0.25) is 9.69 Å². The summed E-state index contributed by atoms with van der Waals surface area (Å²) < 4.78 is 11.6. The van der Waals surface area contributed by atoms with Crippen molar-refractivity contribution in [3.05, 3.63) is 27.7 Å². The first-order valence-electron chi connectivity index (χ1n) is 6.87. The van der Waals surface area contributed by atoms with Gasteiger partial charge in [0, 0.05) is 23.0 Å². The van der Waals surface area contributed by atoms with Crippen molar-refractivity contribution in [2.45, 2.75) is 26.3 Å². The molecule has 1 aromatic rings. The molecule has 0 fully saturated rings. The molecule has 4 nitrogen and oxygen atoms in total. The molecule has 0 spiro atoms. The number of rotatable bonds is 6. The van der Waals surface area contributed by atoms with E-state index in [1.54, 1.807) is 0 Å². The lowest BCUT2D eigenvalue weighted by molar-refractivity contribution is -0.142. The van der Waals surface area contributed by atoms with Crippen molar-refractivity contribution in [2.24, 2.45) is 0 Å². The van der Waals surface area contributed by atoms with Crippen molar-refractivity contribution in [3.8, 4) is 5.75 Å². The smallest absolute Gasteiger partial charge is 0.319 e. The highest BCUT2D eigenvalue weighted by Crippen LogP contribution is 2.33. The van der Waals surface area contributed by atoms with Gasteiger partial charge in [0.2, 0.25) is 0 Å². The first-order valence-corrected chi connectivity index (χ1v) is 7.66. The third-order valence-corrected chi connectivity index (χ3v) is 3.80. The van der Waals surface area contributed by atoms with Gasteiger partial charge in [0.1, 0.15) is 5.75 Å². The number of carbonyl (C=O) groups is 1.